The fourth-order valence-electron chi connectivity index (χ4n) is 5.62. The molecule has 3 heterocycles. The largest absolute Gasteiger partial charge is 0.508 e. The molecule has 3 atom stereocenters. The van der Waals surface area contributed by atoms with Crippen molar-refractivity contribution in [2.24, 2.45) is 5.92 Å². The quantitative estimate of drug-likeness (QED) is 0.300. The maximum Gasteiger partial charge on any atom is 0.417 e. The molecule has 0 saturated heterocycles. The number of phenols is 1. The molecule has 11 heteroatoms. The summed E-state index contributed by atoms with van der Waals surface area (Å²) in [4.78, 5) is 23.5. The Balaban J connectivity index is 1.19. The Morgan fingerprint density at radius 2 is 2.00 bits per heavy atom. The molecule has 0 radical (unpaired) electrons. The third kappa shape index (κ3) is 3.38. The summed E-state index contributed by atoms with van der Waals surface area (Å²) in [6.45, 7) is 0. The number of hydrogen-bond acceptors (Lipinski definition) is 5. The number of rotatable bonds is 4. The highest BCUT2D eigenvalue weighted by Gasteiger charge is 2.81. The first kappa shape index (κ1) is 22.4. The van der Waals surface area contributed by atoms with Crippen LogP contribution in [0.1, 0.15) is 41.3 Å². The summed E-state index contributed by atoms with van der Waals surface area (Å²) in [7, 11) is 0. The third-order valence-electron chi connectivity index (χ3n) is 7.66. The number of H-pyrrole nitrogens is 1. The zero-order valence-corrected chi connectivity index (χ0v) is 19.7. The average molecular weight is 527 g/mol. The number of carbonyl (C=O) groups excluding carboxylic acids is 1. The number of fused-ring (bicyclic) bond motifs is 3. The van der Waals surface area contributed by atoms with E-state index in [2.05, 4.69) is 20.3 Å². The van der Waals surface area contributed by atoms with Gasteiger partial charge >= 0.3 is 6.18 Å². The number of ether oxygens (including phenoxy) is 1. The fourth-order valence-corrected chi connectivity index (χ4v) is 5.88. The molecule has 7 rings (SSSR count). The molecule has 2 aromatic heterocycles. The number of nitrogens with zero attached hydrogens (tertiary/aromatic N) is 2. The number of alkyl halides is 3. The van der Waals surface area contributed by atoms with Gasteiger partial charge in [0.15, 0.2) is 0 Å². The molecule has 2 saturated carbocycles. The van der Waals surface area contributed by atoms with Gasteiger partial charge in [-0.1, -0.05) is 11.6 Å². The number of benzene rings is 2. The Hall–Kier alpha value is -3.79. The van der Waals surface area contributed by atoms with Crippen molar-refractivity contribution in [3.63, 3.8) is 0 Å². The summed E-state index contributed by atoms with van der Waals surface area (Å²) in [6, 6.07) is 8.96. The van der Waals surface area contributed by atoms with Gasteiger partial charge in [-0.25, -0.2) is 9.97 Å². The molecule has 2 aliphatic carbocycles. The smallest absolute Gasteiger partial charge is 0.417 e. The zero-order valence-electron chi connectivity index (χ0n) is 19.0. The molecule has 1 amide bonds. The molecule has 3 N–H and O–H groups in total. The minimum Gasteiger partial charge on any atom is -0.508 e. The van der Waals surface area contributed by atoms with Gasteiger partial charge < -0.3 is 20.1 Å². The summed E-state index contributed by atoms with van der Waals surface area (Å²) in [6.07, 6.45) is -1.33. The molecule has 37 heavy (non-hydrogen) atoms. The molecular weight excluding hydrogens is 509 g/mol. The molecule has 0 spiro atoms. The van der Waals surface area contributed by atoms with Gasteiger partial charge in [0.25, 0.3) is 0 Å². The van der Waals surface area contributed by atoms with Crippen molar-refractivity contribution in [3.8, 4) is 17.2 Å². The first-order chi connectivity index (χ1) is 17.6. The van der Waals surface area contributed by atoms with Gasteiger partial charge in [0, 0.05) is 35.1 Å². The van der Waals surface area contributed by atoms with Crippen molar-refractivity contribution < 1.29 is 27.8 Å². The normalized spacial score (nSPS) is 23.8. The number of nitrogens with one attached hydrogen (secondary N) is 2. The first-order valence-electron chi connectivity index (χ1n) is 11.7. The summed E-state index contributed by atoms with van der Waals surface area (Å²) < 4.78 is 46.0. The first-order valence-corrected chi connectivity index (χ1v) is 12.1. The lowest BCUT2D eigenvalue weighted by molar-refractivity contribution is -0.137. The van der Waals surface area contributed by atoms with Gasteiger partial charge in [0.2, 0.25) is 5.91 Å². The van der Waals surface area contributed by atoms with Crippen LogP contribution in [0.3, 0.4) is 0 Å². The number of anilines is 1. The predicted molar refractivity (Wildman–Crippen MR) is 128 cm³/mol. The standard InChI is InChI=1S/C26H18ClF3N4O3/c27-16-9-18-17(8-14(16)26(28,29)30)32-24(33-18)25-10-15(25)22(25)13-7-11(1-3-19(13)35)37-20-5-6-31-23-12(20)2-4-21(36)34-23/h1,3,5-9,15,22,35H,2,4,10H2,(H,32,33)(H,31,34,36). The molecule has 2 aromatic carbocycles. The fraction of sp³-hybridized carbons (Fsp3) is 0.269. The molecule has 0 bridgehead atoms. The van der Waals surface area contributed by atoms with Gasteiger partial charge in [-0.15, -0.1) is 0 Å². The molecule has 2 fully saturated rings. The van der Waals surface area contributed by atoms with E-state index in [0.29, 0.717) is 47.1 Å². The lowest BCUT2D eigenvalue weighted by Gasteiger charge is -2.19. The summed E-state index contributed by atoms with van der Waals surface area (Å²) in [5.74, 6) is 2.37. The number of carbonyl (C=O) groups is 1. The van der Waals surface area contributed by atoms with Crippen LogP contribution >= 0.6 is 11.6 Å². The maximum atomic E-state index is 13.3. The third-order valence-corrected chi connectivity index (χ3v) is 7.97. The monoisotopic (exact) mass is 526 g/mol. The lowest BCUT2D eigenvalue weighted by atomic mass is 9.95. The van der Waals surface area contributed by atoms with Crippen molar-refractivity contribution >= 4 is 34.4 Å². The van der Waals surface area contributed by atoms with Gasteiger partial charge in [-0.2, -0.15) is 13.2 Å². The predicted octanol–water partition coefficient (Wildman–Crippen LogP) is 6.07. The van der Waals surface area contributed by atoms with Gasteiger partial charge in [-0.3, -0.25) is 4.79 Å². The number of imidazole rings is 1. The second kappa shape index (κ2) is 7.38. The van der Waals surface area contributed by atoms with Crippen LogP contribution < -0.4 is 10.1 Å². The number of halogens is 4. The average Bonchev–Trinajstić information content (AvgIpc) is 3.67. The molecule has 7 nitrogen and oxygen atoms in total. The minimum absolute atomic E-state index is 0.0418. The second-order valence-electron chi connectivity index (χ2n) is 9.77. The van der Waals surface area contributed by atoms with E-state index in [-0.39, 0.29) is 34.4 Å². The van der Waals surface area contributed by atoms with Crippen molar-refractivity contribution in [2.75, 3.05) is 5.32 Å². The van der Waals surface area contributed by atoms with Crippen LogP contribution in [0.2, 0.25) is 5.02 Å². The van der Waals surface area contributed by atoms with Crippen molar-refractivity contribution in [1.29, 1.82) is 0 Å². The lowest BCUT2D eigenvalue weighted by Crippen LogP contribution is -2.20. The Morgan fingerprint density at radius 3 is 2.78 bits per heavy atom. The molecule has 3 unspecified atom stereocenters. The molecular formula is C26H18ClF3N4O3. The van der Waals surface area contributed by atoms with E-state index in [1.807, 2.05) is 0 Å². The SMILES string of the molecule is O=C1CCc2c(Oc3ccc(O)c(C4C5CC54c4nc5cc(Cl)c(C(F)(F)F)cc5[nH]4)c3)ccnc2N1. The van der Waals surface area contributed by atoms with E-state index in [4.69, 9.17) is 16.3 Å². The number of pyridine rings is 1. The van der Waals surface area contributed by atoms with Crippen LogP contribution in [0, 0.1) is 5.92 Å². The number of aromatic hydroxyl groups is 1. The highest BCUT2D eigenvalue weighted by molar-refractivity contribution is 6.32. The Morgan fingerprint density at radius 1 is 1.16 bits per heavy atom. The number of phenolic OH excluding ortho intramolecular Hbond substituents is 1. The van der Waals surface area contributed by atoms with Crippen LogP contribution in [0.25, 0.3) is 11.0 Å². The number of amides is 1. The van der Waals surface area contributed by atoms with Crippen molar-refractivity contribution in [2.45, 2.75) is 36.8 Å². The Bertz CT molecular complexity index is 1640. The highest BCUT2D eigenvalue weighted by Crippen LogP contribution is 2.84. The van der Waals surface area contributed by atoms with Crippen LogP contribution in [0.15, 0.2) is 42.6 Å². The molecule has 4 aromatic rings. The van der Waals surface area contributed by atoms with E-state index in [1.165, 1.54) is 6.07 Å². The topological polar surface area (TPSA) is 100 Å². The Labute approximate surface area is 212 Å². The van der Waals surface area contributed by atoms with Crippen molar-refractivity contribution in [1.82, 2.24) is 15.0 Å². The van der Waals surface area contributed by atoms with E-state index in [9.17, 15) is 23.1 Å². The number of aromatic amines is 1. The van der Waals surface area contributed by atoms with Gasteiger partial charge in [0.1, 0.15) is 28.9 Å². The van der Waals surface area contributed by atoms with Gasteiger partial charge in [0.05, 0.1) is 21.6 Å². The number of aromatic nitrogens is 3. The van der Waals surface area contributed by atoms with E-state index >= 15 is 0 Å². The number of hydrogen-bond donors (Lipinski definition) is 3. The van der Waals surface area contributed by atoms with Crippen LogP contribution in [0.5, 0.6) is 17.2 Å². The summed E-state index contributed by atoms with van der Waals surface area (Å²) in [5, 5.41) is 13.0. The zero-order chi connectivity index (χ0) is 25.7. The molecule has 188 valence electrons. The molecule has 3 aliphatic rings. The molecule has 1 aliphatic heterocycles. The van der Waals surface area contributed by atoms with Crippen LogP contribution in [0.4, 0.5) is 19.0 Å². The van der Waals surface area contributed by atoms with Gasteiger partial charge in [-0.05, 0) is 55.2 Å². The minimum atomic E-state index is -4.56. The maximum absolute atomic E-state index is 13.3. The second-order valence-corrected chi connectivity index (χ2v) is 10.2. The van der Waals surface area contributed by atoms with Crippen LogP contribution in [-0.4, -0.2) is 26.0 Å². The van der Waals surface area contributed by atoms with E-state index in [1.54, 1.807) is 30.5 Å². The van der Waals surface area contributed by atoms with E-state index in [0.717, 1.165) is 18.1 Å². The van der Waals surface area contributed by atoms with Crippen LogP contribution in [-0.2, 0) is 22.8 Å². The summed E-state index contributed by atoms with van der Waals surface area (Å²) in [5.41, 5.74) is 0.874. The Kier molecular flexibility index (Phi) is 4.47. The van der Waals surface area contributed by atoms with Crippen molar-refractivity contribution in [3.05, 3.63) is 70.1 Å². The van der Waals surface area contributed by atoms with E-state index < -0.39 is 16.8 Å². The summed E-state index contributed by atoms with van der Waals surface area (Å²) >= 11 is 5.87. The highest BCUT2D eigenvalue weighted by atomic mass is 35.5.